The molecule has 1 N–H and O–H groups in total. The number of halogens is 1. The van der Waals surface area contributed by atoms with Gasteiger partial charge in [-0.05, 0) is 43.7 Å². The summed E-state index contributed by atoms with van der Waals surface area (Å²) >= 11 is 6.12. The Bertz CT molecular complexity index is 517. The summed E-state index contributed by atoms with van der Waals surface area (Å²) in [6.45, 7) is 0.973. The summed E-state index contributed by atoms with van der Waals surface area (Å²) in [6, 6.07) is 3.85. The predicted molar refractivity (Wildman–Crippen MR) is 74.1 cm³/mol. The summed E-state index contributed by atoms with van der Waals surface area (Å²) in [4.78, 5) is 4.38. The molecule has 0 saturated heterocycles. The van der Waals surface area contributed by atoms with Crippen LogP contribution in [0.25, 0.3) is 11.0 Å². The Balaban J connectivity index is 1.64. The van der Waals surface area contributed by atoms with Gasteiger partial charge in [-0.1, -0.05) is 0 Å². The monoisotopic (exact) mass is 264 g/mol. The zero-order valence-electron chi connectivity index (χ0n) is 10.2. The second kappa shape index (κ2) is 5.19. The van der Waals surface area contributed by atoms with E-state index in [1.807, 2.05) is 12.1 Å². The number of anilines is 1. The van der Waals surface area contributed by atoms with Gasteiger partial charge in [0.05, 0.1) is 11.6 Å². The van der Waals surface area contributed by atoms with Gasteiger partial charge in [-0.2, -0.15) is 0 Å². The lowest BCUT2D eigenvalue weighted by molar-refractivity contribution is 0.378. The van der Waals surface area contributed by atoms with Gasteiger partial charge in [0.2, 0.25) is 0 Å². The number of alkyl halides is 1. The Morgan fingerprint density at radius 3 is 2.94 bits per heavy atom. The number of aromatic nitrogens is 1. The molecule has 4 heteroatoms. The SMILES string of the molecule is ClC1CCC(CNc2nccc3occc23)CC1. The van der Waals surface area contributed by atoms with Gasteiger partial charge in [-0.3, -0.25) is 0 Å². The van der Waals surface area contributed by atoms with Crippen LogP contribution in [0, 0.1) is 5.92 Å². The van der Waals surface area contributed by atoms with Crippen molar-refractivity contribution >= 4 is 28.4 Å². The predicted octanol–water partition coefficient (Wildman–Crippen LogP) is 4.04. The fourth-order valence-electron chi connectivity index (χ4n) is 2.60. The zero-order chi connectivity index (χ0) is 12.4. The first kappa shape index (κ1) is 11.8. The van der Waals surface area contributed by atoms with E-state index < -0.39 is 0 Å². The minimum Gasteiger partial charge on any atom is -0.464 e. The fourth-order valence-corrected chi connectivity index (χ4v) is 2.85. The molecule has 2 heterocycles. The maximum absolute atomic E-state index is 6.12. The third-order valence-corrected chi connectivity index (χ3v) is 4.15. The molecule has 1 fully saturated rings. The van der Waals surface area contributed by atoms with Gasteiger partial charge in [-0.25, -0.2) is 4.98 Å². The molecule has 3 rings (SSSR count). The van der Waals surface area contributed by atoms with E-state index in [0.717, 1.165) is 36.2 Å². The Kier molecular flexibility index (Phi) is 3.41. The molecule has 1 aliphatic rings. The van der Waals surface area contributed by atoms with Crippen molar-refractivity contribution in [3.63, 3.8) is 0 Å². The van der Waals surface area contributed by atoms with Crippen LogP contribution in [0.15, 0.2) is 29.0 Å². The van der Waals surface area contributed by atoms with Crippen molar-refractivity contribution in [2.45, 2.75) is 31.1 Å². The molecule has 0 aromatic carbocycles. The Morgan fingerprint density at radius 1 is 1.28 bits per heavy atom. The van der Waals surface area contributed by atoms with E-state index in [9.17, 15) is 0 Å². The Hall–Kier alpha value is -1.22. The quantitative estimate of drug-likeness (QED) is 0.851. The van der Waals surface area contributed by atoms with E-state index in [-0.39, 0.29) is 0 Å². The lowest BCUT2D eigenvalue weighted by Crippen LogP contribution is -2.21. The van der Waals surface area contributed by atoms with Crippen molar-refractivity contribution in [2.24, 2.45) is 5.92 Å². The molecule has 18 heavy (non-hydrogen) atoms. The second-order valence-electron chi connectivity index (χ2n) is 4.99. The standard InChI is InChI=1S/C14H17ClN2O/c15-11-3-1-10(2-4-11)9-17-14-12-6-8-18-13(12)5-7-16-14/h5-8,10-11H,1-4,9H2,(H,16,17). The lowest BCUT2D eigenvalue weighted by atomic mass is 9.89. The number of pyridine rings is 1. The van der Waals surface area contributed by atoms with E-state index in [0.29, 0.717) is 11.3 Å². The van der Waals surface area contributed by atoms with Crippen LogP contribution in [0.2, 0.25) is 0 Å². The average Bonchev–Trinajstić information content (AvgIpc) is 2.87. The molecule has 0 unspecified atom stereocenters. The summed E-state index contributed by atoms with van der Waals surface area (Å²) in [6.07, 6.45) is 8.18. The van der Waals surface area contributed by atoms with Crippen LogP contribution in [0.3, 0.4) is 0 Å². The maximum atomic E-state index is 6.12. The van der Waals surface area contributed by atoms with Gasteiger partial charge >= 0.3 is 0 Å². The summed E-state index contributed by atoms with van der Waals surface area (Å²) in [5.41, 5.74) is 0.886. The first-order valence-corrected chi connectivity index (χ1v) is 6.97. The molecule has 0 bridgehead atoms. The minimum absolute atomic E-state index is 0.386. The van der Waals surface area contributed by atoms with Gasteiger partial charge in [0, 0.05) is 18.1 Å². The fraction of sp³-hybridized carbons (Fsp3) is 0.500. The molecule has 2 aromatic rings. The number of hydrogen-bond donors (Lipinski definition) is 1. The average molecular weight is 265 g/mol. The molecule has 0 spiro atoms. The largest absolute Gasteiger partial charge is 0.464 e. The van der Waals surface area contributed by atoms with Gasteiger partial charge in [-0.15, -0.1) is 11.6 Å². The highest BCUT2D eigenvalue weighted by Crippen LogP contribution is 2.28. The van der Waals surface area contributed by atoms with Crippen LogP contribution < -0.4 is 5.32 Å². The van der Waals surface area contributed by atoms with Gasteiger partial charge in [0.25, 0.3) is 0 Å². The van der Waals surface area contributed by atoms with E-state index >= 15 is 0 Å². The van der Waals surface area contributed by atoms with Crippen molar-refractivity contribution < 1.29 is 4.42 Å². The van der Waals surface area contributed by atoms with Crippen molar-refractivity contribution in [2.75, 3.05) is 11.9 Å². The molecule has 2 aromatic heterocycles. The third kappa shape index (κ3) is 2.46. The summed E-state index contributed by atoms with van der Waals surface area (Å²) in [5, 5.41) is 4.89. The molecule has 0 radical (unpaired) electrons. The molecule has 0 aliphatic heterocycles. The van der Waals surface area contributed by atoms with Crippen molar-refractivity contribution in [3.05, 3.63) is 24.6 Å². The van der Waals surface area contributed by atoms with Gasteiger partial charge in [0.1, 0.15) is 11.4 Å². The van der Waals surface area contributed by atoms with Crippen LogP contribution in [0.1, 0.15) is 25.7 Å². The normalized spacial score (nSPS) is 24.3. The van der Waals surface area contributed by atoms with Crippen molar-refractivity contribution in [1.82, 2.24) is 4.98 Å². The summed E-state index contributed by atoms with van der Waals surface area (Å²) < 4.78 is 5.37. The minimum atomic E-state index is 0.386. The van der Waals surface area contributed by atoms with Gasteiger partial charge < -0.3 is 9.73 Å². The molecular weight excluding hydrogens is 248 g/mol. The number of nitrogens with zero attached hydrogens (tertiary/aromatic N) is 1. The smallest absolute Gasteiger partial charge is 0.139 e. The molecule has 1 saturated carbocycles. The highest BCUT2D eigenvalue weighted by Gasteiger charge is 2.19. The molecule has 96 valence electrons. The maximum Gasteiger partial charge on any atom is 0.139 e. The first-order valence-electron chi connectivity index (χ1n) is 6.53. The summed E-state index contributed by atoms with van der Waals surface area (Å²) in [7, 11) is 0. The highest BCUT2D eigenvalue weighted by atomic mass is 35.5. The second-order valence-corrected chi connectivity index (χ2v) is 5.61. The van der Waals surface area contributed by atoms with Crippen molar-refractivity contribution in [3.8, 4) is 0 Å². The van der Waals surface area contributed by atoms with E-state index in [4.69, 9.17) is 16.0 Å². The highest BCUT2D eigenvalue weighted by molar-refractivity contribution is 6.20. The molecule has 0 atom stereocenters. The summed E-state index contributed by atoms with van der Waals surface area (Å²) in [5.74, 6) is 1.64. The lowest BCUT2D eigenvalue weighted by Gasteiger charge is -2.25. The molecule has 1 aliphatic carbocycles. The number of furan rings is 1. The van der Waals surface area contributed by atoms with Gasteiger partial charge in [0.15, 0.2) is 0 Å². The number of hydrogen-bond acceptors (Lipinski definition) is 3. The first-order chi connectivity index (χ1) is 8.83. The van der Waals surface area contributed by atoms with Crippen LogP contribution in [0.5, 0.6) is 0 Å². The number of rotatable bonds is 3. The third-order valence-electron chi connectivity index (χ3n) is 3.71. The Labute approximate surface area is 112 Å². The van der Waals surface area contributed by atoms with E-state index in [1.165, 1.54) is 12.8 Å². The Morgan fingerprint density at radius 2 is 2.11 bits per heavy atom. The number of fused-ring (bicyclic) bond motifs is 1. The topological polar surface area (TPSA) is 38.1 Å². The molecule has 0 amide bonds. The van der Waals surface area contributed by atoms with Crippen LogP contribution in [-0.4, -0.2) is 16.9 Å². The molecule has 3 nitrogen and oxygen atoms in total. The van der Waals surface area contributed by atoms with Crippen LogP contribution in [0.4, 0.5) is 5.82 Å². The van der Waals surface area contributed by atoms with E-state index in [2.05, 4.69) is 10.3 Å². The van der Waals surface area contributed by atoms with Crippen LogP contribution >= 0.6 is 11.6 Å². The number of nitrogens with one attached hydrogen (secondary N) is 1. The zero-order valence-corrected chi connectivity index (χ0v) is 11.0. The molecular formula is C14H17ClN2O. The van der Waals surface area contributed by atoms with E-state index in [1.54, 1.807) is 12.5 Å². The van der Waals surface area contributed by atoms with Crippen LogP contribution in [-0.2, 0) is 0 Å². The van der Waals surface area contributed by atoms with Crippen molar-refractivity contribution in [1.29, 1.82) is 0 Å².